The molecular formula is C64H78N15O18P3. The van der Waals surface area contributed by atoms with Crippen LogP contribution in [0.2, 0.25) is 0 Å². The molecule has 100 heavy (non-hydrogen) atoms. The lowest BCUT2D eigenvalue weighted by Gasteiger charge is -2.37. The van der Waals surface area contributed by atoms with Gasteiger partial charge in [0, 0.05) is 43.7 Å². The first kappa shape index (κ1) is 74.5. The Kier molecular flexibility index (Phi) is 25.3. The monoisotopic (exact) mass is 1440 g/mol. The van der Waals surface area contributed by atoms with Crippen LogP contribution in [0.1, 0.15) is 102 Å². The van der Waals surface area contributed by atoms with Crippen molar-refractivity contribution >= 4 is 52.8 Å². The van der Waals surface area contributed by atoms with Gasteiger partial charge in [-0.3, -0.25) is 40.8 Å². The first-order valence-electron chi connectivity index (χ1n) is 31.9. The van der Waals surface area contributed by atoms with Gasteiger partial charge < -0.3 is 54.7 Å². The smallest absolute Gasteiger partial charge is 0.475 e. The fraction of sp³-hybridized carbons (Fsp3) is 0.469. The van der Waals surface area contributed by atoms with E-state index in [4.69, 9.17) is 81.8 Å². The molecule has 0 saturated carbocycles. The van der Waals surface area contributed by atoms with Gasteiger partial charge in [-0.2, -0.15) is 25.8 Å². The van der Waals surface area contributed by atoms with Gasteiger partial charge in [0.25, 0.3) is 8.53 Å². The fourth-order valence-electron chi connectivity index (χ4n) is 11.7. The lowest BCUT2D eigenvalue weighted by Crippen LogP contribution is -2.38. The van der Waals surface area contributed by atoms with Crippen molar-refractivity contribution in [3.63, 3.8) is 0 Å². The van der Waals surface area contributed by atoms with Gasteiger partial charge >= 0.3 is 27.0 Å². The average Bonchev–Trinajstić information content (AvgIpc) is 0.865. The molecule has 3 aromatic carbocycles. The van der Waals surface area contributed by atoms with Crippen LogP contribution in [0.25, 0.3) is 11.2 Å². The van der Waals surface area contributed by atoms with Crippen LogP contribution >= 0.6 is 24.2 Å². The van der Waals surface area contributed by atoms with E-state index in [-0.39, 0.29) is 92.4 Å². The molecule has 12 atom stereocenters. The molecule has 0 aliphatic carbocycles. The maximum Gasteiger partial charge on any atom is 0.475 e. The minimum atomic E-state index is -5.01. The molecule has 6 N–H and O–H groups in total. The van der Waals surface area contributed by atoms with Crippen molar-refractivity contribution in [2.24, 2.45) is 0 Å². The number of aromatic nitrogens is 8. The maximum absolute atomic E-state index is 15.7. The summed E-state index contributed by atoms with van der Waals surface area (Å²) in [6, 6.07) is 32.6. The van der Waals surface area contributed by atoms with Crippen molar-refractivity contribution in [1.82, 2.24) is 43.3 Å². The van der Waals surface area contributed by atoms with Crippen molar-refractivity contribution in [1.29, 1.82) is 15.8 Å². The van der Waals surface area contributed by atoms with Crippen molar-refractivity contribution in [2.75, 3.05) is 71.1 Å². The Balaban J connectivity index is 0.980. The van der Waals surface area contributed by atoms with E-state index in [0.29, 0.717) is 28.2 Å². The number of hydrogen-bond acceptors (Lipinski definition) is 30. The number of nitrogen functional groups attached to an aromatic ring is 3. The summed E-state index contributed by atoms with van der Waals surface area (Å²) in [5, 5.41) is 29.0. The van der Waals surface area contributed by atoms with Gasteiger partial charge in [-0.1, -0.05) is 54.6 Å². The number of fused-ring (bicyclic) bond motifs is 1. The van der Waals surface area contributed by atoms with E-state index < -0.39 is 123 Å². The van der Waals surface area contributed by atoms with Crippen LogP contribution in [0.3, 0.4) is 0 Å². The normalized spacial score (nSPS) is 22.3. The fourth-order valence-corrected chi connectivity index (χ4v) is 16.3. The van der Waals surface area contributed by atoms with E-state index in [1.807, 2.05) is 99.1 Å². The number of phosphoric ester groups is 2. The van der Waals surface area contributed by atoms with E-state index >= 15 is 9.13 Å². The first-order chi connectivity index (χ1) is 48.2. The standard InChI is InChI=1S/C64H78N15O18P3/c1-41(2)79(42(3)4)98(87-30-10-25-65)95-48-33-56(76-28-23-54(68)74-62(76)80)93-52(48)37-90-99(82,88-31-11-26-66)97-50-35-58(78-40-73-59-60(70)71-39-72-61(59)78)94-53(50)38-91-100(83,89-32-12-27-67)96-49-34-57(77-29-24-55(69)75-63(77)81)92-51(49)36-86-64(43-13-8-7-9-14-43,44-15-19-46(84-5)20-16-44)45-17-21-47(85-6)22-18-45/h7-9,13-24,28-29,39-42,48-53,56-58H,10-12,30-38H2,1-6H3,(H2,68,74,80)(H2,69,75,81)(H2,70,71,72)/t48-,49-,50-,51+,52+,53+,56+,57+,58+,98?,99?,100?/m0/s1. The first-order valence-corrected chi connectivity index (χ1v) is 36.0. The highest BCUT2D eigenvalue weighted by atomic mass is 31.2. The van der Waals surface area contributed by atoms with Crippen LogP contribution in [-0.4, -0.2) is 146 Å². The minimum absolute atomic E-state index is 0.00782. The van der Waals surface area contributed by atoms with Crippen molar-refractivity contribution in [3.05, 3.63) is 154 Å². The van der Waals surface area contributed by atoms with Gasteiger partial charge in [-0.25, -0.2) is 38.3 Å². The molecule has 3 unspecified atom stereocenters. The number of rotatable bonds is 35. The average molecular weight is 1440 g/mol. The molecule has 36 heteroatoms. The molecule has 33 nitrogen and oxygen atoms in total. The molecule has 0 amide bonds. The van der Waals surface area contributed by atoms with Gasteiger partial charge in [0.05, 0.1) is 104 Å². The zero-order valence-corrected chi connectivity index (χ0v) is 58.3. The molecule has 4 aromatic heterocycles. The number of nitrogens with two attached hydrogens (primary N) is 3. The number of imidazole rings is 1. The summed E-state index contributed by atoms with van der Waals surface area (Å²) in [6.45, 7) is 5.24. The number of methoxy groups -OCH3 is 2. The van der Waals surface area contributed by atoms with Crippen molar-refractivity contribution in [3.8, 4) is 29.7 Å². The molecule has 3 saturated heterocycles. The Morgan fingerprint density at radius 2 is 1.06 bits per heavy atom. The molecular weight excluding hydrogens is 1360 g/mol. The van der Waals surface area contributed by atoms with E-state index in [1.165, 1.54) is 50.9 Å². The zero-order valence-electron chi connectivity index (χ0n) is 55.6. The third-order valence-corrected chi connectivity index (χ3v) is 21.5. The van der Waals surface area contributed by atoms with Gasteiger partial charge in [0.15, 0.2) is 11.5 Å². The van der Waals surface area contributed by atoms with E-state index in [2.05, 4.69) is 31.0 Å². The Bertz CT molecular complexity index is 4180. The molecule has 3 fully saturated rings. The lowest BCUT2D eigenvalue weighted by atomic mass is 9.80. The summed E-state index contributed by atoms with van der Waals surface area (Å²) in [4.78, 5) is 47.6. The third-order valence-electron chi connectivity index (χ3n) is 16.3. The number of benzene rings is 3. The summed E-state index contributed by atoms with van der Waals surface area (Å²) in [7, 11) is -8.80. The van der Waals surface area contributed by atoms with Crippen LogP contribution in [0, 0.1) is 34.0 Å². The highest BCUT2D eigenvalue weighted by Gasteiger charge is 2.50. The van der Waals surface area contributed by atoms with E-state index in [1.54, 1.807) is 38.5 Å². The Hall–Kier alpha value is -8.19. The summed E-state index contributed by atoms with van der Waals surface area (Å²) in [5.41, 5.74) is 17.6. The van der Waals surface area contributed by atoms with Crippen LogP contribution in [0.15, 0.2) is 126 Å². The number of phosphoric acid groups is 2. The predicted octanol–water partition coefficient (Wildman–Crippen LogP) is 8.52. The van der Waals surface area contributed by atoms with Crippen LogP contribution < -0.4 is 38.1 Å². The second kappa shape index (κ2) is 34.0. The summed E-state index contributed by atoms with van der Waals surface area (Å²) >= 11 is 0. The summed E-state index contributed by atoms with van der Waals surface area (Å²) in [6.07, 6.45) is -6.15. The molecule has 10 rings (SSSR count). The number of hydrogen-bond donors (Lipinski definition) is 3. The topological polar surface area (TPSA) is 429 Å². The largest absolute Gasteiger partial charge is 0.497 e. The third kappa shape index (κ3) is 17.7. The predicted molar refractivity (Wildman–Crippen MR) is 359 cm³/mol. The summed E-state index contributed by atoms with van der Waals surface area (Å²) in [5.74, 6) is 1.12. The number of nitriles is 3. The number of anilines is 3. The van der Waals surface area contributed by atoms with Crippen LogP contribution in [0.5, 0.6) is 11.5 Å². The molecule has 0 radical (unpaired) electrons. The SMILES string of the molecule is COc1ccc(C(OC[C@H]2O[C@@H](n3ccc(N)nc3=O)C[C@@H]2OP(=O)(OCCC#N)OC[C@H]2O[C@@H](n3cnc4c(N)ncnc43)C[C@@H]2OP(=O)(OCCC#N)OC[C@H]2O[C@@H](n3ccc(N)nc3=O)C[C@@H]2OP(OCCC#N)N(C(C)C)C(C)C)(c2ccccc2)c2ccc(OC)cc2)cc1. The van der Waals surface area contributed by atoms with Crippen LogP contribution in [0.4, 0.5) is 17.5 Å². The van der Waals surface area contributed by atoms with Crippen molar-refractivity contribution in [2.45, 2.75) is 139 Å². The molecule has 7 aromatic rings. The second-order valence-electron chi connectivity index (χ2n) is 23.5. The molecule has 0 spiro atoms. The van der Waals surface area contributed by atoms with E-state index in [0.717, 1.165) is 0 Å². The Morgan fingerprint density at radius 1 is 0.600 bits per heavy atom. The molecule has 0 bridgehead atoms. The van der Waals surface area contributed by atoms with Gasteiger partial charge in [-0.05, 0) is 80.8 Å². The number of ether oxygens (including phenoxy) is 6. The lowest BCUT2D eigenvalue weighted by molar-refractivity contribution is -0.0960. The maximum atomic E-state index is 15.7. The zero-order chi connectivity index (χ0) is 71.1. The molecule has 532 valence electrons. The molecule has 3 aliphatic rings. The Labute approximate surface area is 576 Å². The molecule has 7 heterocycles. The van der Waals surface area contributed by atoms with Gasteiger partial charge in [-0.15, -0.1) is 0 Å². The van der Waals surface area contributed by atoms with Gasteiger partial charge in [0.2, 0.25) is 0 Å². The molecule has 3 aliphatic heterocycles. The second-order valence-corrected chi connectivity index (χ2v) is 28.2. The highest BCUT2D eigenvalue weighted by molar-refractivity contribution is 7.48. The highest BCUT2D eigenvalue weighted by Crippen LogP contribution is 2.58. The van der Waals surface area contributed by atoms with Crippen molar-refractivity contribution < 1.29 is 73.7 Å². The van der Waals surface area contributed by atoms with E-state index in [9.17, 15) is 25.4 Å². The quantitative estimate of drug-likeness (QED) is 0.0190. The number of nitrogens with zero attached hydrogens (tertiary/aromatic N) is 12. The summed E-state index contributed by atoms with van der Waals surface area (Å²) < 4.78 is 126. The Morgan fingerprint density at radius 3 is 1.54 bits per heavy atom. The van der Waals surface area contributed by atoms with Gasteiger partial charge in [0.1, 0.15) is 89.8 Å². The van der Waals surface area contributed by atoms with Crippen LogP contribution in [-0.2, 0) is 69.9 Å². The minimum Gasteiger partial charge on any atom is -0.497 e.